The Morgan fingerprint density at radius 3 is 2.38 bits per heavy atom. The SMILES string of the molecule is CC(C)CCC(O)(C(=O)O)C(=O)N1CCN(c2ccc(Cl)cc2)C[C@H]1C. The molecule has 1 aliphatic rings. The van der Waals surface area contributed by atoms with Gasteiger partial charge in [0, 0.05) is 36.4 Å². The van der Waals surface area contributed by atoms with Gasteiger partial charge in [0.2, 0.25) is 5.60 Å². The van der Waals surface area contributed by atoms with E-state index in [0.717, 1.165) is 5.69 Å². The second-order valence-corrected chi connectivity index (χ2v) is 7.80. The molecule has 1 aliphatic heterocycles. The third-order valence-corrected chi connectivity index (χ3v) is 5.12. The van der Waals surface area contributed by atoms with Gasteiger partial charge in [-0.15, -0.1) is 0 Å². The Bertz CT molecular complexity index is 649. The number of halogens is 1. The number of hydrogen-bond acceptors (Lipinski definition) is 4. The number of hydrogen-bond donors (Lipinski definition) is 2. The lowest BCUT2D eigenvalue weighted by atomic mass is 9.91. The third kappa shape index (κ3) is 4.48. The maximum absolute atomic E-state index is 12.8. The molecule has 1 fully saturated rings. The van der Waals surface area contributed by atoms with Crippen LogP contribution in [0.3, 0.4) is 0 Å². The number of carbonyl (C=O) groups excluding carboxylic acids is 1. The number of rotatable bonds is 6. The van der Waals surface area contributed by atoms with Gasteiger partial charge in [0.25, 0.3) is 5.91 Å². The van der Waals surface area contributed by atoms with Crippen molar-refractivity contribution < 1.29 is 19.8 Å². The summed E-state index contributed by atoms with van der Waals surface area (Å²) in [6.07, 6.45) is 0.386. The molecule has 144 valence electrons. The number of amides is 1. The van der Waals surface area contributed by atoms with Gasteiger partial charge in [-0.3, -0.25) is 4.79 Å². The van der Waals surface area contributed by atoms with Crippen molar-refractivity contribution in [2.75, 3.05) is 24.5 Å². The topological polar surface area (TPSA) is 81.1 Å². The predicted octanol–water partition coefficient (Wildman–Crippen LogP) is 2.63. The van der Waals surface area contributed by atoms with Crippen molar-refractivity contribution in [3.05, 3.63) is 29.3 Å². The van der Waals surface area contributed by atoms with Crippen molar-refractivity contribution in [1.82, 2.24) is 4.90 Å². The summed E-state index contributed by atoms with van der Waals surface area (Å²) >= 11 is 5.92. The zero-order valence-corrected chi connectivity index (χ0v) is 16.2. The molecule has 2 rings (SSSR count). The van der Waals surface area contributed by atoms with Gasteiger partial charge in [0.15, 0.2) is 0 Å². The molecule has 2 N–H and O–H groups in total. The minimum atomic E-state index is -2.36. The zero-order valence-electron chi connectivity index (χ0n) is 15.5. The Hall–Kier alpha value is -1.79. The van der Waals surface area contributed by atoms with E-state index < -0.39 is 17.5 Å². The molecule has 1 aromatic rings. The molecular formula is C19H27ClN2O4. The van der Waals surface area contributed by atoms with Crippen molar-refractivity contribution in [2.45, 2.75) is 45.3 Å². The molecular weight excluding hydrogens is 356 g/mol. The molecule has 0 radical (unpaired) electrons. The van der Waals surface area contributed by atoms with E-state index in [9.17, 15) is 19.8 Å². The Kier molecular flexibility index (Phi) is 6.53. The van der Waals surface area contributed by atoms with Gasteiger partial charge in [-0.1, -0.05) is 25.4 Å². The smallest absolute Gasteiger partial charge is 0.345 e. The first-order valence-electron chi connectivity index (χ1n) is 8.92. The Morgan fingerprint density at radius 1 is 1.27 bits per heavy atom. The molecule has 1 amide bonds. The number of carbonyl (C=O) groups is 2. The quantitative estimate of drug-likeness (QED) is 0.739. The molecule has 1 unspecified atom stereocenters. The van der Waals surface area contributed by atoms with Crippen LogP contribution >= 0.6 is 11.6 Å². The van der Waals surface area contributed by atoms with Crippen LogP contribution in [0.5, 0.6) is 0 Å². The van der Waals surface area contributed by atoms with Gasteiger partial charge >= 0.3 is 5.97 Å². The first-order chi connectivity index (χ1) is 12.1. The highest BCUT2D eigenvalue weighted by Crippen LogP contribution is 2.25. The number of piperazine rings is 1. The van der Waals surface area contributed by atoms with E-state index >= 15 is 0 Å². The molecule has 6 nitrogen and oxygen atoms in total. The fraction of sp³-hybridized carbons (Fsp3) is 0.579. The summed E-state index contributed by atoms with van der Waals surface area (Å²) < 4.78 is 0. The van der Waals surface area contributed by atoms with E-state index in [2.05, 4.69) is 4.90 Å². The normalized spacial score (nSPS) is 20.2. The number of carboxylic acid groups (broad SMARTS) is 1. The summed E-state index contributed by atoms with van der Waals surface area (Å²) in [5.74, 6) is -1.99. The Balaban J connectivity index is 2.10. The molecule has 1 aromatic carbocycles. The number of anilines is 1. The first-order valence-corrected chi connectivity index (χ1v) is 9.30. The van der Waals surface area contributed by atoms with Crippen LogP contribution in [0, 0.1) is 5.92 Å². The monoisotopic (exact) mass is 382 g/mol. The zero-order chi connectivity index (χ0) is 19.5. The number of carboxylic acids is 1. The Morgan fingerprint density at radius 2 is 1.88 bits per heavy atom. The van der Waals surface area contributed by atoms with E-state index in [1.807, 2.05) is 45.0 Å². The fourth-order valence-corrected chi connectivity index (χ4v) is 3.31. The van der Waals surface area contributed by atoms with E-state index in [1.54, 1.807) is 0 Å². The highest BCUT2D eigenvalue weighted by molar-refractivity contribution is 6.30. The molecule has 0 aromatic heterocycles. The van der Waals surface area contributed by atoms with Crippen LogP contribution in [0.25, 0.3) is 0 Å². The molecule has 7 heteroatoms. The summed E-state index contributed by atoms with van der Waals surface area (Å²) in [7, 11) is 0. The highest BCUT2D eigenvalue weighted by Gasteiger charge is 2.48. The Labute approximate surface area is 159 Å². The van der Waals surface area contributed by atoms with Gasteiger partial charge in [-0.25, -0.2) is 4.79 Å². The lowest BCUT2D eigenvalue weighted by molar-refractivity contribution is -0.174. The molecule has 0 bridgehead atoms. The summed E-state index contributed by atoms with van der Waals surface area (Å²) in [5.41, 5.74) is -1.36. The number of nitrogens with zero attached hydrogens (tertiary/aromatic N) is 2. The average Bonchev–Trinajstić information content (AvgIpc) is 2.59. The average molecular weight is 383 g/mol. The van der Waals surface area contributed by atoms with Gasteiger partial charge in [0.1, 0.15) is 0 Å². The maximum atomic E-state index is 12.8. The molecule has 2 atom stereocenters. The molecule has 1 saturated heterocycles. The summed E-state index contributed by atoms with van der Waals surface area (Å²) in [4.78, 5) is 28.1. The van der Waals surface area contributed by atoms with Crippen LogP contribution in [-0.4, -0.2) is 58.3 Å². The van der Waals surface area contributed by atoms with Crippen LogP contribution < -0.4 is 4.90 Å². The lowest BCUT2D eigenvalue weighted by Crippen LogP contribution is -2.62. The van der Waals surface area contributed by atoms with E-state index in [-0.39, 0.29) is 18.4 Å². The second-order valence-electron chi connectivity index (χ2n) is 7.37. The van der Waals surface area contributed by atoms with E-state index in [0.29, 0.717) is 31.1 Å². The van der Waals surface area contributed by atoms with E-state index in [1.165, 1.54) is 4.90 Å². The summed E-state index contributed by atoms with van der Waals surface area (Å²) in [6, 6.07) is 7.25. The van der Waals surface area contributed by atoms with Gasteiger partial charge in [-0.05, 0) is 49.9 Å². The van der Waals surface area contributed by atoms with Crippen molar-refractivity contribution >= 4 is 29.2 Å². The summed E-state index contributed by atoms with van der Waals surface area (Å²) in [6.45, 7) is 7.22. The minimum absolute atomic E-state index is 0.0804. The van der Waals surface area contributed by atoms with Crippen molar-refractivity contribution in [1.29, 1.82) is 0 Å². The third-order valence-electron chi connectivity index (χ3n) is 4.87. The van der Waals surface area contributed by atoms with Gasteiger partial charge in [-0.2, -0.15) is 0 Å². The van der Waals surface area contributed by atoms with Crippen LogP contribution in [0.4, 0.5) is 5.69 Å². The standard InChI is InChI=1S/C19H27ClN2O4/c1-13(2)8-9-19(26,18(24)25)17(23)22-11-10-21(12-14(22)3)16-6-4-15(20)5-7-16/h4-7,13-14,26H,8-12H2,1-3H3,(H,24,25)/t14-,19?/m1/s1. The number of aliphatic hydroxyl groups is 1. The fourth-order valence-electron chi connectivity index (χ4n) is 3.19. The molecule has 0 spiro atoms. The lowest BCUT2D eigenvalue weighted by Gasteiger charge is -2.43. The van der Waals surface area contributed by atoms with Crippen molar-refractivity contribution in [2.24, 2.45) is 5.92 Å². The number of aliphatic carboxylic acids is 1. The minimum Gasteiger partial charge on any atom is -0.479 e. The molecule has 0 saturated carbocycles. The second kappa shape index (κ2) is 8.27. The van der Waals surface area contributed by atoms with Gasteiger partial charge < -0.3 is 20.0 Å². The van der Waals surface area contributed by atoms with Crippen LogP contribution in [0.2, 0.25) is 5.02 Å². The summed E-state index contributed by atoms with van der Waals surface area (Å²) in [5, 5.41) is 20.7. The van der Waals surface area contributed by atoms with E-state index in [4.69, 9.17) is 11.6 Å². The van der Waals surface area contributed by atoms with Crippen LogP contribution in [-0.2, 0) is 9.59 Å². The molecule has 26 heavy (non-hydrogen) atoms. The van der Waals surface area contributed by atoms with Crippen LogP contribution in [0.15, 0.2) is 24.3 Å². The number of benzene rings is 1. The predicted molar refractivity (Wildman–Crippen MR) is 101 cm³/mol. The molecule has 1 heterocycles. The van der Waals surface area contributed by atoms with Crippen molar-refractivity contribution in [3.8, 4) is 0 Å². The first kappa shape index (κ1) is 20.5. The highest BCUT2D eigenvalue weighted by atomic mass is 35.5. The largest absolute Gasteiger partial charge is 0.479 e. The van der Waals surface area contributed by atoms with Crippen LogP contribution in [0.1, 0.15) is 33.6 Å². The molecule has 0 aliphatic carbocycles. The van der Waals surface area contributed by atoms with Crippen molar-refractivity contribution in [3.63, 3.8) is 0 Å². The maximum Gasteiger partial charge on any atom is 0.345 e. The van der Waals surface area contributed by atoms with Gasteiger partial charge in [0.05, 0.1) is 0 Å².